The van der Waals surface area contributed by atoms with Crippen LogP contribution in [0, 0.1) is 0 Å². The summed E-state index contributed by atoms with van der Waals surface area (Å²) in [5.41, 5.74) is 0.649. The first-order chi connectivity index (χ1) is 14.4. The first-order valence-corrected chi connectivity index (χ1v) is 10.7. The number of aromatic amines is 3. The molecule has 0 unspecified atom stereocenters. The zero-order valence-corrected chi connectivity index (χ0v) is 16.8. The molecule has 0 aliphatic carbocycles. The highest BCUT2D eigenvalue weighted by atomic mass is 32.2. The summed E-state index contributed by atoms with van der Waals surface area (Å²) >= 11 is 0. The molecular weight excluding hydrogens is 406 g/mol. The van der Waals surface area contributed by atoms with Gasteiger partial charge in [-0.25, -0.2) is 18.1 Å². The third kappa shape index (κ3) is 3.82. The fourth-order valence-corrected chi connectivity index (χ4v) is 4.44. The SMILES string of the molecule is CC[C@@H](NS(=O)(=O)c1ccc2[nH]c(=O)c(=O)[nH]c2c1)c1ncc(-c2ccccc2)[nH]1. The number of nitrogens with one attached hydrogen (secondary N) is 4. The van der Waals surface area contributed by atoms with E-state index in [1.54, 1.807) is 6.20 Å². The molecule has 0 aliphatic rings. The van der Waals surface area contributed by atoms with Crippen molar-refractivity contribution in [2.24, 2.45) is 0 Å². The van der Waals surface area contributed by atoms with Crippen LogP contribution in [-0.2, 0) is 10.0 Å². The zero-order valence-electron chi connectivity index (χ0n) is 16.0. The molecule has 154 valence electrons. The van der Waals surface area contributed by atoms with Gasteiger partial charge in [0.15, 0.2) is 0 Å². The van der Waals surface area contributed by atoms with E-state index in [-0.39, 0.29) is 10.4 Å². The van der Waals surface area contributed by atoms with Gasteiger partial charge < -0.3 is 15.0 Å². The van der Waals surface area contributed by atoms with Crippen LogP contribution in [0.1, 0.15) is 25.2 Å². The second kappa shape index (κ2) is 7.73. The quantitative estimate of drug-likeness (QED) is 0.350. The molecule has 10 heteroatoms. The van der Waals surface area contributed by atoms with Crippen LogP contribution >= 0.6 is 0 Å². The fraction of sp³-hybridized carbons (Fsp3) is 0.150. The van der Waals surface area contributed by atoms with Crippen LogP contribution in [0.15, 0.2) is 69.2 Å². The lowest BCUT2D eigenvalue weighted by Crippen LogP contribution is -2.30. The molecule has 30 heavy (non-hydrogen) atoms. The van der Waals surface area contributed by atoms with E-state index >= 15 is 0 Å². The van der Waals surface area contributed by atoms with E-state index in [0.29, 0.717) is 17.8 Å². The van der Waals surface area contributed by atoms with Crippen molar-refractivity contribution < 1.29 is 8.42 Å². The van der Waals surface area contributed by atoms with Crippen molar-refractivity contribution in [1.82, 2.24) is 24.7 Å². The molecule has 0 fully saturated rings. The predicted molar refractivity (Wildman–Crippen MR) is 113 cm³/mol. The van der Waals surface area contributed by atoms with Gasteiger partial charge in [0, 0.05) is 0 Å². The van der Waals surface area contributed by atoms with Crippen molar-refractivity contribution in [2.45, 2.75) is 24.3 Å². The smallest absolute Gasteiger partial charge is 0.314 e. The maximum Gasteiger partial charge on any atom is 0.314 e. The molecular formula is C20H19N5O4S. The van der Waals surface area contributed by atoms with Gasteiger partial charge in [-0.3, -0.25) is 9.59 Å². The minimum Gasteiger partial charge on any atom is -0.341 e. The molecule has 2 aromatic heterocycles. The molecule has 2 aromatic carbocycles. The van der Waals surface area contributed by atoms with Crippen molar-refractivity contribution in [3.8, 4) is 11.3 Å². The molecule has 0 amide bonds. The normalized spacial score (nSPS) is 12.8. The van der Waals surface area contributed by atoms with E-state index in [2.05, 4.69) is 24.7 Å². The number of hydrogen-bond donors (Lipinski definition) is 4. The van der Waals surface area contributed by atoms with Crippen molar-refractivity contribution in [3.63, 3.8) is 0 Å². The third-order valence-corrected chi connectivity index (χ3v) is 6.19. The van der Waals surface area contributed by atoms with Crippen LogP contribution in [0.25, 0.3) is 22.3 Å². The number of aromatic nitrogens is 4. The summed E-state index contributed by atoms with van der Waals surface area (Å²) in [5.74, 6) is 0.499. The van der Waals surface area contributed by atoms with Crippen LogP contribution in [0.3, 0.4) is 0 Å². The third-order valence-electron chi connectivity index (χ3n) is 4.72. The molecule has 4 N–H and O–H groups in total. The molecule has 1 atom stereocenters. The molecule has 4 rings (SSSR count). The van der Waals surface area contributed by atoms with Gasteiger partial charge in [0.25, 0.3) is 0 Å². The highest BCUT2D eigenvalue weighted by Gasteiger charge is 2.23. The number of imidazole rings is 1. The van der Waals surface area contributed by atoms with Crippen LogP contribution in [0.5, 0.6) is 0 Å². The van der Waals surface area contributed by atoms with Crippen LogP contribution in [0.2, 0.25) is 0 Å². The number of rotatable bonds is 6. The van der Waals surface area contributed by atoms with Gasteiger partial charge in [0.05, 0.1) is 33.9 Å². The van der Waals surface area contributed by atoms with E-state index in [0.717, 1.165) is 11.3 Å². The zero-order chi connectivity index (χ0) is 21.3. The summed E-state index contributed by atoms with van der Waals surface area (Å²) in [5, 5.41) is 0. The molecule has 9 nitrogen and oxygen atoms in total. The monoisotopic (exact) mass is 425 g/mol. The number of sulfonamides is 1. The van der Waals surface area contributed by atoms with Crippen molar-refractivity contribution >= 4 is 21.1 Å². The fourth-order valence-electron chi connectivity index (χ4n) is 3.13. The number of fused-ring (bicyclic) bond motifs is 1. The summed E-state index contributed by atoms with van der Waals surface area (Å²) in [6.45, 7) is 1.85. The lowest BCUT2D eigenvalue weighted by molar-refractivity contribution is 0.539. The molecule has 4 aromatic rings. The Morgan fingerprint density at radius 1 is 0.967 bits per heavy atom. The summed E-state index contributed by atoms with van der Waals surface area (Å²) in [4.78, 5) is 35.2. The van der Waals surface area contributed by atoms with E-state index in [4.69, 9.17) is 0 Å². The Morgan fingerprint density at radius 3 is 2.37 bits per heavy atom. The minimum absolute atomic E-state index is 0.0361. The second-order valence-corrected chi connectivity index (χ2v) is 8.46. The van der Waals surface area contributed by atoms with Crippen molar-refractivity contribution in [1.29, 1.82) is 0 Å². The molecule has 2 heterocycles. The van der Waals surface area contributed by atoms with E-state index in [1.165, 1.54) is 18.2 Å². The van der Waals surface area contributed by atoms with E-state index < -0.39 is 27.2 Å². The second-order valence-electron chi connectivity index (χ2n) is 6.75. The lowest BCUT2D eigenvalue weighted by atomic mass is 10.2. The summed E-state index contributed by atoms with van der Waals surface area (Å²) < 4.78 is 28.5. The van der Waals surface area contributed by atoms with Crippen LogP contribution in [-0.4, -0.2) is 28.4 Å². The predicted octanol–water partition coefficient (Wildman–Crippen LogP) is 2.04. The van der Waals surface area contributed by atoms with E-state index in [1.807, 2.05) is 37.3 Å². The van der Waals surface area contributed by atoms with Crippen LogP contribution < -0.4 is 15.8 Å². The Kier molecular flexibility index (Phi) is 5.10. The van der Waals surface area contributed by atoms with Crippen molar-refractivity contribution in [2.75, 3.05) is 0 Å². The largest absolute Gasteiger partial charge is 0.341 e. The maximum atomic E-state index is 12.9. The standard InChI is InChI=1S/C20H19N5O4S/c1-2-14(18-21-11-17(22-18)12-6-4-3-5-7-12)25-30(28,29)13-8-9-15-16(10-13)24-20(27)19(26)23-15/h3-11,14,25H,2H2,1H3,(H,21,22)(H,23,26)(H,24,27)/t14-/m1/s1. The highest BCUT2D eigenvalue weighted by molar-refractivity contribution is 7.89. The first kappa shape index (κ1) is 19.8. The average molecular weight is 425 g/mol. The first-order valence-electron chi connectivity index (χ1n) is 9.26. The van der Waals surface area contributed by atoms with Gasteiger partial charge in [-0.05, 0) is 30.2 Å². The Labute approximate surface area is 171 Å². The summed E-state index contributed by atoms with van der Waals surface area (Å²) in [7, 11) is -3.91. The Bertz CT molecular complexity index is 1420. The maximum absolute atomic E-state index is 12.9. The van der Waals surface area contributed by atoms with Gasteiger partial charge >= 0.3 is 11.1 Å². The Balaban J connectivity index is 1.64. The number of H-pyrrole nitrogens is 3. The number of nitrogens with zero attached hydrogens (tertiary/aromatic N) is 1. The minimum atomic E-state index is -3.91. The lowest BCUT2D eigenvalue weighted by Gasteiger charge is -2.15. The highest BCUT2D eigenvalue weighted by Crippen LogP contribution is 2.23. The van der Waals surface area contributed by atoms with Gasteiger partial charge in [-0.2, -0.15) is 0 Å². The Morgan fingerprint density at radius 2 is 1.67 bits per heavy atom. The molecule has 0 saturated heterocycles. The molecule has 0 radical (unpaired) electrons. The van der Waals surface area contributed by atoms with Crippen molar-refractivity contribution in [3.05, 3.63) is 81.3 Å². The Hall–Kier alpha value is -3.50. The van der Waals surface area contributed by atoms with E-state index in [9.17, 15) is 18.0 Å². The van der Waals surface area contributed by atoms with Gasteiger partial charge in [-0.15, -0.1) is 0 Å². The topological polar surface area (TPSA) is 141 Å². The van der Waals surface area contributed by atoms with Crippen LogP contribution in [0.4, 0.5) is 0 Å². The van der Waals surface area contributed by atoms with Gasteiger partial charge in [0.2, 0.25) is 10.0 Å². The van der Waals surface area contributed by atoms with Gasteiger partial charge in [0.1, 0.15) is 5.82 Å². The molecule has 0 bridgehead atoms. The molecule has 0 saturated carbocycles. The summed E-state index contributed by atoms with van der Waals surface area (Å²) in [6.07, 6.45) is 2.14. The molecule has 0 spiro atoms. The number of benzene rings is 2. The summed E-state index contributed by atoms with van der Waals surface area (Å²) in [6, 6.07) is 13.1. The average Bonchev–Trinajstić information content (AvgIpc) is 3.23. The molecule has 0 aliphatic heterocycles. The number of hydrogen-bond acceptors (Lipinski definition) is 5. The van der Waals surface area contributed by atoms with Gasteiger partial charge in [-0.1, -0.05) is 37.3 Å².